The van der Waals surface area contributed by atoms with Crippen molar-refractivity contribution >= 4 is 0 Å². The Morgan fingerprint density at radius 1 is 1.19 bits per heavy atom. The third-order valence-corrected chi connectivity index (χ3v) is 4.92. The number of nitrogens with two attached hydrogens (primary N) is 1. The van der Waals surface area contributed by atoms with Crippen molar-refractivity contribution in [3.63, 3.8) is 0 Å². The normalized spacial score (nSPS) is 25.3. The lowest BCUT2D eigenvalue weighted by Gasteiger charge is -2.44. The van der Waals surface area contributed by atoms with Gasteiger partial charge in [0.05, 0.1) is 7.11 Å². The van der Waals surface area contributed by atoms with Crippen molar-refractivity contribution in [2.24, 2.45) is 5.73 Å². The molecule has 1 aromatic rings. The number of piperazine rings is 1. The molecule has 2 saturated heterocycles. The van der Waals surface area contributed by atoms with Gasteiger partial charge in [-0.15, -0.1) is 0 Å². The summed E-state index contributed by atoms with van der Waals surface area (Å²) in [5.74, 6) is 0.891. The Balaban J connectivity index is 1.55. The molecule has 2 aliphatic rings. The molecule has 0 aromatic heterocycles. The van der Waals surface area contributed by atoms with Crippen LogP contribution in [0, 0.1) is 0 Å². The van der Waals surface area contributed by atoms with Gasteiger partial charge in [0, 0.05) is 38.3 Å². The van der Waals surface area contributed by atoms with Crippen molar-refractivity contribution in [2.45, 2.75) is 31.3 Å². The lowest BCUT2D eigenvalue weighted by Crippen LogP contribution is -2.55. The molecule has 0 bridgehead atoms. The molecule has 2 heterocycles. The minimum absolute atomic E-state index is 0.0889. The number of methoxy groups -OCH3 is 1. The van der Waals surface area contributed by atoms with Gasteiger partial charge in [-0.2, -0.15) is 0 Å². The summed E-state index contributed by atoms with van der Waals surface area (Å²) >= 11 is 0. The van der Waals surface area contributed by atoms with Crippen molar-refractivity contribution in [3.05, 3.63) is 29.8 Å². The fourth-order valence-electron chi connectivity index (χ4n) is 3.62. The Bertz CT molecular complexity index is 448. The second kappa shape index (κ2) is 6.77. The van der Waals surface area contributed by atoms with E-state index in [0.29, 0.717) is 0 Å². The predicted octanol–water partition coefficient (Wildman–Crippen LogP) is 1.87. The third-order valence-electron chi connectivity index (χ3n) is 4.92. The molecule has 21 heavy (non-hydrogen) atoms. The van der Waals surface area contributed by atoms with Gasteiger partial charge in [0.15, 0.2) is 0 Å². The number of piperidine rings is 1. The molecule has 116 valence electrons. The van der Waals surface area contributed by atoms with Crippen LogP contribution in [0.1, 0.15) is 30.9 Å². The molecule has 0 spiro atoms. The van der Waals surface area contributed by atoms with E-state index >= 15 is 0 Å². The maximum absolute atomic E-state index is 6.39. The number of hydrogen-bond donors (Lipinski definition) is 1. The van der Waals surface area contributed by atoms with Gasteiger partial charge in [0.2, 0.25) is 0 Å². The van der Waals surface area contributed by atoms with E-state index in [4.69, 9.17) is 10.5 Å². The summed E-state index contributed by atoms with van der Waals surface area (Å²) < 4.78 is 5.20. The first-order valence-electron chi connectivity index (χ1n) is 8.12. The topological polar surface area (TPSA) is 41.7 Å². The van der Waals surface area contributed by atoms with Crippen LogP contribution in [-0.4, -0.2) is 55.7 Å². The molecule has 0 saturated carbocycles. The number of benzene rings is 1. The summed E-state index contributed by atoms with van der Waals surface area (Å²) in [5.41, 5.74) is 7.59. The Hall–Kier alpha value is -1.10. The van der Waals surface area contributed by atoms with Crippen LogP contribution in [0.5, 0.6) is 5.75 Å². The second-order valence-electron chi connectivity index (χ2n) is 6.32. The third kappa shape index (κ3) is 3.57. The molecule has 2 fully saturated rings. The summed E-state index contributed by atoms with van der Waals surface area (Å²) in [5, 5.41) is 0. The van der Waals surface area contributed by atoms with Crippen LogP contribution >= 0.6 is 0 Å². The second-order valence-corrected chi connectivity index (χ2v) is 6.32. The van der Waals surface area contributed by atoms with Gasteiger partial charge in [-0.05, 0) is 37.1 Å². The summed E-state index contributed by atoms with van der Waals surface area (Å²) in [6.45, 7) is 5.80. The lowest BCUT2D eigenvalue weighted by molar-refractivity contribution is 0.0466. The molecule has 2 aliphatic heterocycles. The summed E-state index contributed by atoms with van der Waals surface area (Å²) in [6, 6.07) is 9.00. The molecule has 0 amide bonds. The van der Waals surface area contributed by atoms with E-state index in [-0.39, 0.29) is 6.04 Å². The standard InChI is InChI=1S/C17H27N3O/c1-21-16-7-5-14(6-8-16)17(18)13-19-10-11-20-9-3-2-4-15(20)12-19/h5-8,15,17H,2-4,9-13,18H2,1H3. The fourth-order valence-corrected chi connectivity index (χ4v) is 3.62. The average Bonchev–Trinajstić information content (AvgIpc) is 2.55. The monoisotopic (exact) mass is 289 g/mol. The lowest BCUT2D eigenvalue weighted by atomic mass is 9.98. The van der Waals surface area contributed by atoms with Gasteiger partial charge in [0.25, 0.3) is 0 Å². The number of fused-ring (bicyclic) bond motifs is 1. The fraction of sp³-hybridized carbons (Fsp3) is 0.647. The number of hydrogen-bond acceptors (Lipinski definition) is 4. The van der Waals surface area contributed by atoms with Crippen LogP contribution < -0.4 is 10.5 Å². The molecule has 1 aromatic carbocycles. The van der Waals surface area contributed by atoms with Crippen LogP contribution in [0.25, 0.3) is 0 Å². The molecular formula is C17H27N3O. The van der Waals surface area contributed by atoms with E-state index in [1.54, 1.807) is 7.11 Å². The maximum atomic E-state index is 6.39. The minimum Gasteiger partial charge on any atom is -0.497 e. The summed E-state index contributed by atoms with van der Waals surface area (Å²) in [4.78, 5) is 5.21. The van der Waals surface area contributed by atoms with Crippen LogP contribution in [0.3, 0.4) is 0 Å². The van der Waals surface area contributed by atoms with E-state index in [0.717, 1.165) is 24.9 Å². The van der Waals surface area contributed by atoms with Crippen LogP contribution in [-0.2, 0) is 0 Å². The van der Waals surface area contributed by atoms with Crippen LogP contribution in [0.4, 0.5) is 0 Å². The van der Waals surface area contributed by atoms with Crippen LogP contribution in [0.15, 0.2) is 24.3 Å². The van der Waals surface area contributed by atoms with Crippen molar-refractivity contribution in [1.82, 2.24) is 9.80 Å². The van der Waals surface area contributed by atoms with Crippen molar-refractivity contribution in [3.8, 4) is 5.75 Å². The van der Waals surface area contributed by atoms with Gasteiger partial charge in [0.1, 0.15) is 5.75 Å². The van der Waals surface area contributed by atoms with E-state index < -0.39 is 0 Å². The first kappa shape index (κ1) is 14.8. The Morgan fingerprint density at radius 3 is 2.76 bits per heavy atom. The zero-order valence-corrected chi connectivity index (χ0v) is 13.0. The highest BCUT2D eigenvalue weighted by Gasteiger charge is 2.29. The number of rotatable bonds is 4. The van der Waals surface area contributed by atoms with Gasteiger partial charge < -0.3 is 10.5 Å². The summed E-state index contributed by atoms with van der Waals surface area (Å²) in [6.07, 6.45) is 4.12. The van der Waals surface area contributed by atoms with E-state index in [1.807, 2.05) is 12.1 Å². The van der Waals surface area contributed by atoms with Crippen molar-refractivity contribution in [2.75, 3.05) is 39.8 Å². The molecule has 3 rings (SSSR count). The highest BCUT2D eigenvalue weighted by Crippen LogP contribution is 2.23. The molecule has 4 nitrogen and oxygen atoms in total. The smallest absolute Gasteiger partial charge is 0.118 e. The zero-order chi connectivity index (χ0) is 14.7. The minimum atomic E-state index is 0.0889. The zero-order valence-electron chi connectivity index (χ0n) is 13.0. The van der Waals surface area contributed by atoms with Crippen LogP contribution in [0.2, 0.25) is 0 Å². The highest BCUT2D eigenvalue weighted by atomic mass is 16.5. The molecule has 2 atom stereocenters. The van der Waals surface area contributed by atoms with E-state index in [9.17, 15) is 0 Å². The van der Waals surface area contributed by atoms with Gasteiger partial charge in [-0.25, -0.2) is 0 Å². The van der Waals surface area contributed by atoms with Crippen molar-refractivity contribution < 1.29 is 4.74 Å². The first-order chi connectivity index (χ1) is 10.3. The average molecular weight is 289 g/mol. The number of ether oxygens (including phenoxy) is 1. The van der Waals surface area contributed by atoms with Gasteiger partial charge >= 0.3 is 0 Å². The molecule has 2 unspecified atom stereocenters. The Morgan fingerprint density at radius 2 is 2.00 bits per heavy atom. The molecule has 2 N–H and O–H groups in total. The van der Waals surface area contributed by atoms with Gasteiger partial charge in [-0.3, -0.25) is 9.80 Å². The largest absolute Gasteiger partial charge is 0.497 e. The van der Waals surface area contributed by atoms with E-state index in [2.05, 4.69) is 21.9 Å². The van der Waals surface area contributed by atoms with E-state index in [1.165, 1.54) is 44.5 Å². The Kier molecular flexibility index (Phi) is 4.78. The summed E-state index contributed by atoms with van der Waals surface area (Å²) in [7, 11) is 1.69. The predicted molar refractivity (Wildman–Crippen MR) is 85.6 cm³/mol. The number of nitrogens with zero attached hydrogens (tertiary/aromatic N) is 2. The maximum Gasteiger partial charge on any atom is 0.118 e. The SMILES string of the molecule is COc1ccc(C(N)CN2CCN3CCCCC3C2)cc1. The molecule has 0 radical (unpaired) electrons. The molecule has 0 aliphatic carbocycles. The molecule has 4 heteroatoms. The van der Waals surface area contributed by atoms with Gasteiger partial charge in [-0.1, -0.05) is 18.6 Å². The highest BCUT2D eigenvalue weighted by molar-refractivity contribution is 5.29. The first-order valence-corrected chi connectivity index (χ1v) is 8.12. The Labute approximate surface area is 127 Å². The molecular weight excluding hydrogens is 262 g/mol. The van der Waals surface area contributed by atoms with Crippen molar-refractivity contribution in [1.29, 1.82) is 0 Å². The quantitative estimate of drug-likeness (QED) is 0.919.